The molecule has 0 bridgehead atoms. The van der Waals surface area contributed by atoms with Crippen molar-refractivity contribution in [3.05, 3.63) is 41.9 Å². The fourth-order valence-corrected chi connectivity index (χ4v) is 1.93. The van der Waals surface area contributed by atoms with Gasteiger partial charge in [0.1, 0.15) is 17.9 Å². The van der Waals surface area contributed by atoms with Gasteiger partial charge in [0.25, 0.3) is 0 Å². The van der Waals surface area contributed by atoms with Gasteiger partial charge in [-0.15, -0.1) is 4.52 Å². The second-order valence-electron chi connectivity index (χ2n) is 3.88. The maximum atomic E-state index is 4.46. The van der Waals surface area contributed by atoms with Crippen molar-refractivity contribution in [3.8, 4) is 0 Å². The van der Waals surface area contributed by atoms with Crippen LogP contribution in [0.4, 0.5) is 0 Å². The molecule has 2 aromatic heterocycles. The molecular formula is C12H16N3+. The normalized spacial score (nSPS) is 10.9. The summed E-state index contributed by atoms with van der Waals surface area (Å²) in [6, 6.07) is 4.24. The average molecular weight is 202 g/mol. The van der Waals surface area contributed by atoms with Crippen molar-refractivity contribution < 1.29 is 4.57 Å². The van der Waals surface area contributed by atoms with Crippen molar-refractivity contribution in [1.29, 1.82) is 0 Å². The maximum absolute atomic E-state index is 4.46. The number of allylic oxidation sites excluding steroid dienone is 1. The summed E-state index contributed by atoms with van der Waals surface area (Å²) in [7, 11) is 0. The first kappa shape index (κ1) is 9.90. The van der Waals surface area contributed by atoms with E-state index in [-0.39, 0.29) is 0 Å². The molecule has 2 rings (SSSR count). The van der Waals surface area contributed by atoms with Gasteiger partial charge in [-0.2, -0.15) is 0 Å². The summed E-state index contributed by atoms with van der Waals surface area (Å²) in [6.07, 6.45) is 1.91. The highest BCUT2D eigenvalue weighted by Gasteiger charge is 2.15. The number of aromatic nitrogens is 3. The van der Waals surface area contributed by atoms with Gasteiger partial charge in [-0.05, 0) is 13.8 Å². The number of fused-ring (bicyclic) bond motifs is 1. The molecule has 0 N–H and O–H groups in total. The molecule has 0 amide bonds. The monoisotopic (exact) mass is 202 g/mol. The molecule has 3 heteroatoms. The van der Waals surface area contributed by atoms with Crippen LogP contribution in [-0.2, 0) is 6.54 Å². The summed E-state index contributed by atoms with van der Waals surface area (Å²) in [5, 5.41) is 4.46. The van der Waals surface area contributed by atoms with Crippen LogP contribution in [0.25, 0.3) is 5.65 Å². The molecule has 0 aliphatic carbocycles. The second kappa shape index (κ2) is 3.50. The third-order valence-corrected chi connectivity index (χ3v) is 2.58. The van der Waals surface area contributed by atoms with Crippen LogP contribution in [0.5, 0.6) is 0 Å². The van der Waals surface area contributed by atoms with Crippen molar-refractivity contribution in [2.45, 2.75) is 27.3 Å². The van der Waals surface area contributed by atoms with Crippen LogP contribution in [0.15, 0.2) is 24.8 Å². The Hall–Kier alpha value is -1.64. The van der Waals surface area contributed by atoms with Crippen LogP contribution in [0.1, 0.15) is 17.1 Å². The van der Waals surface area contributed by atoms with Gasteiger partial charge < -0.3 is 0 Å². The van der Waals surface area contributed by atoms with Gasteiger partial charge in [0.2, 0.25) is 0 Å². The smallest absolute Gasteiger partial charge is 0.226 e. The molecule has 0 aromatic carbocycles. The molecule has 2 heterocycles. The molecular weight excluding hydrogens is 186 g/mol. The van der Waals surface area contributed by atoms with Gasteiger partial charge in [0.15, 0.2) is 0 Å². The van der Waals surface area contributed by atoms with Crippen molar-refractivity contribution in [2.24, 2.45) is 0 Å². The minimum absolute atomic E-state index is 0.820. The quantitative estimate of drug-likeness (QED) is 0.537. The predicted molar refractivity (Wildman–Crippen MR) is 59.8 cm³/mol. The fraction of sp³-hybridized carbons (Fsp3) is 0.333. The first-order valence-corrected chi connectivity index (χ1v) is 5.11. The molecule has 0 saturated heterocycles. The molecule has 0 unspecified atom stereocenters. The molecule has 3 nitrogen and oxygen atoms in total. The lowest BCUT2D eigenvalue weighted by Gasteiger charge is -2.03. The Bertz CT molecular complexity index is 523. The van der Waals surface area contributed by atoms with Gasteiger partial charge in [-0.3, -0.25) is 0 Å². The lowest BCUT2D eigenvalue weighted by atomic mass is 10.3. The van der Waals surface area contributed by atoms with Gasteiger partial charge in [-0.25, -0.2) is 4.57 Å². The van der Waals surface area contributed by atoms with Gasteiger partial charge in [-0.1, -0.05) is 17.8 Å². The first-order chi connectivity index (χ1) is 7.13. The Kier molecular flexibility index (Phi) is 2.31. The molecule has 0 atom stereocenters. The van der Waals surface area contributed by atoms with Gasteiger partial charge >= 0.3 is 5.65 Å². The first-order valence-electron chi connectivity index (χ1n) is 5.11. The predicted octanol–water partition coefficient (Wildman–Crippen LogP) is 1.73. The molecule has 15 heavy (non-hydrogen) atoms. The average Bonchev–Trinajstić information content (AvgIpc) is 2.55. The molecule has 0 spiro atoms. The zero-order chi connectivity index (χ0) is 11.0. The highest BCUT2D eigenvalue weighted by molar-refractivity contribution is 5.35. The number of nitrogens with zero attached hydrogens (tertiary/aromatic N) is 3. The zero-order valence-corrected chi connectivity index (χ0v) is 9.49. The van der Waals surface area contributed by atoms with Crippen LogP contribution in [0.3, 0.4) is 0 Å². The van der Waals surface area contributed by atoms with Crippen LogP contribution in [-0.4, -0.2) is 9.61 Å². The standard InChI is InChI=1S/C12H16N3/c1-5-6-14-10(3)8-11(4)15-12(14)7-9(2)13-15/h5,7-8H,1,6H2,2-4H3/q+1. The molecule has 0 aliphatic heterocycles. The van der Waals surface area contributed by atoms with E-state index in [2.05, 4.69) is 42.2 Å². The van der Waals surface area contributed by atoms with E-state index in [1.54, 1.807) is 0 Å². The Balaban J connectivity index is 2.82. The van der Waals surface area contributed by atoms with Gasteiger partial charge in [0.05, 0.1) is 11.8 Å². The molecule has 0 radical (unpaired) electrons. The largest absolute Gasteiger partial charge is 0.309 e. The minimum Gasteiger partial charge on any atom is -0.226 e. The van der Waals surface area contributed by atoms with Crippen LogP contribution >= 0.6 is 0 Å². The lowest BCUT2D eigenvalue weighted by molar-refractivity contribution is -0.670. The Morgan fingerprint density at radius 2 is 2.13 bits per heavy atom. The van der Waals surface area contributed by atoms with Crippen molar-refractivity contribution in [3.63, 3.8) is 0 Å². The minimum atomic E-state index is 0.820. The SMILES string of the molecule is C=CC[n+]1c(C)cc(C)n2nc(C)cc21. The van der Waals surface area contributed by atoms with E-state index in [9.17, 15) is 0 Å². The summed E-state index contributed by atoms with van der Waals surface area (Å²) >= 11 is 0. The molecule has 0 fully saturated rings. The second-order valence-corrected chi connectivity index (χ2v) is 3.88. The van der Waals surface area contributed by atoms with E-state index < -0.39 is 0 Å². The van der Waals surface area contributed by atoms with E-state index >= 15 is 0 Å². The fourth-order valence-electron chi connectivity index (χ4n) is 1.93. The highest BCUT2D eigenvalue weighted by atomic mass is 15.3. The van der Waals surface area contributed by atoms with Crippen molar-refractivity contribution >= 4 is 5.65 Å². The number of hydrogen-bond acceptors (Lipinski definition) is 1. The van der Waals surface area contributed by atoms with Crippen molar-refractivity contribution in [2.75, 3.05) is 0 Å². The molecule has 78 valence electrons. The van der Waals surface area contributed by atoms with Gasteiger partial charge in [0, 0.05) is 13.0 Å². The molecule has 0 saturated carbocycles. The molecule has 2 aromatic rings. The number of rotatable bonds is 2. The van der Waals surface area contributed by atoms with E-state index in [0.29, 0.717) is 0 Å². The maximum Gasteiger partial charge on any atom is 0.309 e. The van der Waals surface area contributed by atoms with Crippen LogP contribution < -0.4 is 4.57 Å². The Labute approximate surface area is 89.7 Å². The van der Waals surface area contributed by atoms with Crippen LogP contribution in [0, 0.1) is 20.8 Å². The summed E-state index contributed by atoms with van der Waals surface area (Å²) in [5.74, 6) is 0. The summed E-state index contributed by atoms with van der Waals surface area (Å²) in [5.41, 5.74) is 4.57. The number of aryl methyl sites for hydroxylation is 3. The third-order valence-electron chi connectivity index (χ3n) is 2.58. The topological polar surface area (TPSA) is 21.2 Å². The van der Waals surface area contributed by atoms with Crippen LogP contribution in [0.2, 0.25) is 0 Å². The molecule has 0 aliphatic rings. The summed E-state index contributed by atoms with van der Waals surface area (Å²) < 4.78 is 4.19. The number of hydrogen-bond donors (Lipinski definition) is 0. The highest BCUT2D eigenvalue weighted by Crippen LogP contribution is 2.06. The Morgan fingerprint density at radius 1 is 1.40 bits per heavy atom. The van der Waals surface area contributed by atoms with E-state index in [1.807, 2.05) is 17.5 Å². The van der Waals surface area contributed by atoms with Crippen molar-refractivity contribution in [1.82, 2.24) is 9.61 Å². The lowest BCUT2D eigenvalue weighted by Crippen LogP contribution is -2.38. The summed E-state index contributed by atoms with van der Waals surface area (Å²) in [6.45, 7) is 10.8. The Morgan fingerprint density at radius 3 is 2.80 bits per heavy atom. The van der Waals surface area contributed by atoms with E-state index in [0.717, 1.165) is 23.6 Å². The zero-order valence-electron chi connectivity index (χ0n) is 9.49. The van der Waals surface area contributed by atoms with E-state index in [4.69, 9.17) is 0 Å². The summed E-state index contributed by atoms with van der Waals surface area (Å²) in [4.78, 5) is 0. The van der Waals surface area contributed by atoms with E-state index in [1.165, 1.54) is 5.69 Å². The third kappa shape index (κ3) is 1.54.